The fraction of sp³-hybridized carbons (Fsp3) is 0.0526. The number of carbonyl (C=O) groups excluding carboxylic acids is 2. The number of carbonyl (C=O) groups is 3. The zero-order chi connectivity index (χ0) is 20.4. The first-order valence-electron chi connectivity index (χ1n) is 7.95. The number of benzene rings is 2. The summed E-state index contributed by atoms with van der Waals surface area (Å²) < 4.78 is 0.490. The molecule has 1 aliphatic rings. The Morgan fingerprint density at radius 1 is 1.18 bits per heavy atom. The van der Waals surface area contributed by atoms with Crippen molar-refractivity contribution in [3.8, 4) is 5.75 Å². The molecule has 9 heteroatoms. The van der Waals surface area contributed by atoms with Gasteiger partial charge in [-0.3, -0.25) is 14.5 Å². The van der Waals surface area contributed by atoms with Crippen LogP contribution in [-0.2, 0) is 4.79 Å². The maximum atomic E-state index is 12.3. The van der Waals surface area contributed by atoms with E-state index in [4.69, 9.17) is 17.3 Å². The first kappa shape index (κ1) is 19.6. The number of carboxylic acids is 1. The van der Waals surface area contributed by atoms with Crippen LogP contribution < -0.4 is 5.32 Å². The number of nitrogens with zero attached hydrogens (tertiary/aromatic N) is 1. The Hall–Kier alpha value is -3.17. The Morgan fingerprint density at radius 2 is 1.86 bits per heavy atom. The Labute approximate surface area is 169 Å². The molecule has 1 saturated heterocycles. The lowest BCUT2D eigenvalue weighted by Gasteiger charge is -2.07. The van der Waals surface area contributed by atoms with Crippen LogP contribution in [0.1, 0.15) is 26.3 Å². The van der Waals surface area contributed by atoms with Gasteiger partial charge in [-0.1, -0.05) is 36.1 Å². The summed E-state index contributed by atoms with van der Waals surface area (Å²) in [5.41, 5.74) is 1.12. The van der Waals surface area contributed by atoms with Crippen LogP contribution in [0.15, 0.2) is 47.4 Å². The average molecular weight is 414 g/mol. The second kappa shape index (κ2) is 7.83. The first-order chi connectivity index (χ1) is 13.3. The summed E-state index contributed by atoms with van der Waals surface area (Å²) >= 11 is 6.30. The van der Waals surface area contributed by atoms with Gasteiger partial charge in [0.05, 0.1) is 4.91 Å². The molecule has 0 radical (unpaired) electrons. The van der Waals surface area contributed by atoms with Crippen molar-refractivity contribution in [2.45, 2.75) is 0 Å². The number of rotatable bonds is 4. The highest BCUT2D eigenvalue weighted by atomic mass is 32.2. The van der Waals surface area contributed by atoms with Gasteiger partial charge in [-0.15, -0.1) is 0 Å². The van der Waals surface area contributed by atoms with E-state index < -0.39 is 17.6 Å². The molecule has 0 aromatic heterocycles. The highest BCUT2D eigenvalue weighted by Gasteiger charge is 2.28. The summed E-state index contributed by atoms with van der Waals surface area (Å²) in [5.74, 6) is -2.28. The van der Waals surface area contributed by atoms with E-state index in [0.29, 0.717) is 14.8 Å². The van der Waals surface area contributed by atoms with Crippen LogP contribution in [0.3, 0.4) is 0 Å². The lowest BCUT2D eigenvalue weighted by molar-refractivity contribution is -0.121. The fourth-order valence-electron chi connectivity index (χ4n) is 2.42. The van der Waals surface area contributed by atoms with Crippen molar-refractivity contribution >= 4 is 57.8 Å². The second-order valence-electron chi connectivity index (χ2n) is 5.85. The molecule has 7 nitrogen and oxygen atoms in total. The van der Waals surface area contributed by atoms with Crippen LogP contribution in [-0.4, -0.2) is 44.3 Å². The number of hydrogen-bond donors (Lipinski definition) is 3. The van der Waals surface area contributed by atoms with Gasteiger partial charge in [-0.2, -0.15) is 0 Å². The summed E-state index contributed by atoms with van der Waals surface area (Å²) in [5, 5.41) is 21.2. The number of anilines is 1. The van der Waals surface area contributed by atoms with Crippen LogP contribution in [0.2, 0.25) is 0 Å². The molecule has 0 saturated carbocycles. The number of aromatic hydroxyl groups is 1. The van der Waals surface area contributed by atoms with Gasteiger partial charge in [0.2, 0.25) is 0 Å². The Morgan fingerprint density at radius 3 is 2.39 bits per heavy atom. The van der Waals surface area contributed by atoms with E-state index >= 15 is 0 Å². The molecule has 0 atom stereocenters. The molecule has 3 rings (SSSR count). The topological polar surface area (TPSA) is 107 Å². The van der Waals surface area contributed by atoms with E-state index in [1.807, 2.05) is 0 Å². The van der Waals surface area contributed by atoms with E-state index in [2.05, 4.69) is 5.32 Å². The zero-order valence-corrected chi connectivity index (χ0v) is 16.1. The van der Waals surface area contributed by atoms with E-state index in [1.54, 1.807) is 37.4 Å². The molecule has 3 N–H and O–H groups in total. The van der Waals surface area contributed by atoms with Crippen molar-refractivity contribution < 1.29 is 24.6 Å². The van der Waals surface area contributed by atoms with E-state index in [-0.39, 0.29) is 17.2 Å². The Bertz CT molecular complexity index is 1030. The number of nitrogens with one attached hydrogen (secondary N) is 1. The minimum Gasteiger partial charge on any atom is -0.507 e. The minimum atomic E-state index is -1.26. The predicted octanol–water partition coefficient (Wildman–Crippen LogP) is 3.17. The van der Waals surface area contributed by atoms with E-state index in [0.717, 1.165) is 5.56 Å². The Balaban J connectivity index is 1.72. The van der Waals surface area contributed by atoms with E-state index in [9.17, 15) is 19.5 Å². The molecule has 2 aromatic rings. The molecule has 28 heavy (non-hydrogen) atoms. The Kier molecular flexibility index (Phi) is 5.48. The number of phenols is 1. The fourth-order valence-corrected chi connectivity index (χ4v) is 3.60. The van der Waals surface area contributed by atoms with Crippen molar-refractivity contribution in [1.29, 1.82) is 0 Å². The molecule has 0 spiro atoms. The summed E-state index contributed by atoms with van der Waals surface area (Å²) in [7, 11) is 1.62. The molecule has 1 heterocycles. The molecule has 0 bridgehead atoms. The lowest BCUT2D eigenvalue weighted by Crippen LogP contribution is -2.22. The van der Waals surface area contributed by atoms with Gasteiger partial charge in [0.25, 0.3) is 11.8 Å². The van der Waals surface area contributed by atoms with Crippen LogP contribution in [0, 0.1) is 0 Å². The van der Waals surface area contributed by atoms with Crippen molar-refractivity contribution in [1.82, 2.24) is 4.90 Å². The molecular weight excluding hydrogens is 400 g/mol. The number of thiocarbonyl (C=S) groups is 1. The van der Waals surface area contributed by atoms with Crippen LogP contribution in [0.25, 0.3) is 6.08 Å². The molecule has 1 fully saturated rings. The summed E-state index contributed by atoms with van der Waals surface area (Å²) in [6, 6.07) is 10.4. The van der Waals surface area contributed by atoms with Gasteiger partial charge in [-0.05, 0) is 35.9 Å². The highest BCUT2D eigenvalue weighted by Crippen LogP contribution is 2.31. The third kappa shape index (κ3) is 4.05. The summed E-state index contributed by atoms with van der Waals surface area (Å²) in [6.07, 6.45) is 1.70. The second-order valence-corrected chi connectivity index (χ2v) is 7.53. The average Bonchev–Trinajstić information content (AvgIpc) is 2.89. The van der Waals surface area contributed by atoms with Gasteiger partial charge < -0.3 is 15.5 Å². The van der Waals surface area contributed by atoms with Gasteiger partial charge in [0, 0.05) is 24.4 Å². The molecule has 2 amide bonds. The van der Waals surface area contributed by atoms with E-state index in [1.165, 1.54) is 34.9 Å². The predicted molar refractivity (Wildman–Crippen MR) is 110 cm³/mol. The quantitative estimate of drug-likeness (QED) is 0.521. The van der Waals surface area contributed by atoms with Gasteiger partial charge in [0.1, 0.15) is 15.6 Å². The first-order valence-corrected chi connectivity index (χ1v) is 9.18. The van der Waals surface area contributed by atoms with Gasteiger partial charge in [0.15, 0.2) is 0 Å². The SMILES string of the molecule is CN1C(=O)/C(=C\c2ccc(C(=O)Nc3ccc(C(=O)O)c(O)c3)cc2)SC1=S. The van der Waals surface area contributed by atoms with Gasteiger partial charge in [-0.25, -0.2) is 4.79 Å². The van der Waals surface area contributed by atoms with Crippen molar-refractivity contribution in [2.24, 2.45) is 0 Å². The maximum absolute atomic E-state index is 12.3. The molecular formula is C19H14N2O5S2. The number of hydrogen-bond acceptors (Lipinski definition) is 6. The van der Waals surface area contributed by atoms with Crippen molar-refractivity contribution in [3.05, 3.63) is 64.1 Å². The van der Waals surface area contributed by atoms with Crippen molar-refractivity contribution in [2.75, 3.05) is 12.4 Å². The lowest BCUT2D eigenvalue weighted by atomic mass is 10.1. The third-order valence-corrected chi connectivity index (χ3v) is 5.43. The smallest absolute Gasteiger partial charge is 0.339 e. The largest absolute Gasteiger partial charge is 0.507 e. The minimum absolute atomic E-state index is 0.165. The number of carboxylic acid groups (broad SMARTS) is 1. The molecule has 0 aliphatic carbocycles. The number of aromatic carboxylic acids is 1. The molecule has 2 aromatic carbocycles. The normalized spacial score (nSPS) is 15.2. The summed E-state index contributed by atoms with van der Waals surface area (Å²) in [6.45, 7) is 0. The zero-order valence-electron chi connectivity index (χ0n) is 14.5. The number of likely N-dealkylation sites (N-methyl/N-ethyl adjacent to an activating group) is 1. The molecule has 142 valence electrons. The van der Waals surface area contributed by atoms with Gasteiger partial charge >= 0.3 is 5.97 Å². The molecule has 1 aliphatic heterocycles. The highest BCUT2D eigenvalue weighted by molar-refractivity contribution is 8.26. The van der Waals surface area contributed by atoms with Crippen LogP contribution in [0.4, 0.5) is 5.69 Å². The summed E-state index contributed by atoms with van der Waals surface area (Å²) in [4.78, 5) is 37.2. The van der Waals surface area contributed by atoms with Crippen molar-refractivity contribution in [3.63, 3.8) is 0 Å². The number of amides is 2. The maximum Gasteiger partial charge on any atom is 0.339 e. The molecule has 0 unspecified atom stereocenters. The standard InChI is InChI=1S/C19H14N2O5S2/c1-21-17(24)15(28-19(21)27)8-10-2-4-11(5-3-10)16(23)20-12-6-7-13(18(25)26)14(22)9-12/h2-9,22H,1H3,(H,20,23)(H,25,26)/b15-8+. The monoisotopic (exact) mass is 414 g/mol. The third-order valence-electron chi connectivity index (χ3n) is 3.94. The van der Waals surface area contributed by atoms with Crippen LogP contribution in [0.5, 0.6) is 5.75 Å². The number of thioether (sulfide) groups is 1. The van der Waals surface area contributed by atoms with Crippen LogP contribution >= 0.6 is 24.0 Å².